The predicted octanol–water partition coefficient (Wildman–Crippen LogP) is 4.59. The standard InChI is InChI=1S/C38H38N2O10/c41-24-8-11-31-33(20-24)49-34-21-25(42)9-12-32(34)38(31)30-10-7-23(19-28(30)36(44)50-38)35(43)39-13-15-46-17-18-47-16-14-40-37(45)48-22-29-26-5-3-1-2-4-6-27(26)29/h7-12,19-21,26-27,29,41-42H,3-6,13-18,22H2,(H,39,43)(H,40,45)/t26-,27+,29-. The minimum Gasteiger partial charge on any atom is -0.508 e. The highest BCUT2D eigenvalue weighted by Gasteiger charge is 2.54. The summed E-state index contributed by atoms with van der Waals surface area (Å²) in [6, 6.07) is 13.8. The molecule has 4 N–H and O–H groups in total. The summed E-state index contributed by atoms with van der Waals surface area (Å²) < 4.78 is 28.5. The molecule has 0 bridgehead atoms. The predicted molar refractivity (Wildman–Crippen MR) is 178 cm³/mol. The molecule has 1 fully saturated rings. The van der Waals surface area contributed by atoms with Crippen LogP contribution in [0.5, 0.6) is 23.0 Å². The fraction of sp³-hybridized carbons (Fsp3) is 0.395. The van der Waals surface area contributed by atoms with Gasteiger partial charge in [0.1, 0.15) is 23.0 Å². The molecule has 3 aromatic carbocycles. The van der Waals surface area contributed by atoms with Gasteiger partial charge in [-0.05, 0) is 67.0 Å². The number of hydrogen-bond donors (Lipinski definition) is 4. The van der Waals surface area contributed by atoms with E-state index in [0.29, 0.717) is 67.4 Å². The van der Waals surface area contributed by atoms with Crippen molar-refractivity contribution in [1.29, 1.82) is 0 Å². The molecule has 0 aromatic heterocycles. The molecule has 4 aliphatic rings. The highest BCUT2D eigenvalue weighted by atomic mass is 16.6. The summed E-state index contributed by atoms with van der Waals surface area (Å²) in [6.45, 7) is 2.21. The fourth-order valence-corrected chi connectivity index (χ4v) is 7.24. The molecule has 0 saturated heterocycles. The summed E-state index contributed by atoms with van der Waals surface area (Å²) in [5, 5.41) is 25.7. The minimum atomic E-state index is -1.40. The third-order valence-electron chi connectivity index (χ3n) is 9.70. The van der Waals surface area contributed by atoms with Crippen LogP contribution < -0.4 is 15.4 Å². The summed E-state index contributed by atoms with van der Waals surface area (Å²) in [7, 11) is 0. The summed E-state index contributed by atoms with van der Waals surface area (Å²) >= 11 is 0. The van der Waals surface area contributed by atoms with E-state index in [-0.39, 0.29) is 53.2 Å². The van der Waals surface area contributed by atoms with Gasteiger partial charge in [-0.1, -0.05) is 6.07 Å². The van der Waals surface area contributed by atoms with Crippen molar-refractivity contribution in [2.45, 2.75) is 31.3 Å². The van der Waals surface area contributed by atoms with Crippen LogP contribution in [0.2, 0.25) is 0 Å². The van der Waals surface area contributed by atoms with Crippen molar-refractivity contribution >= 4 is 18.0 Å². The van der Waals surface area contributed by atoms with Gasteiger partial charge in [0.25, 0.3) is 5.91 Å². The van der Waals surface area contributed by atoms with Crippen LogP contribution in [-0.2, 0) is 24.5 Å². The van der Waals surface area contributed by atoms with Crippen LogP contribution in [0.1, 0.15) is 63.1 Å². The van der Waals surface area contributed by atoms with Gasteiger partial charge in [0.15, 0.2) is 5.60 Å². The number of hydrogen-bond acceptors (Lipinski definition) is 10. The van der Waals surface area contributed by atoms with Crippen LogP contribution in [0.25, 0.3) is 0 Å². The maximum Gasteiger partial charge on any atom is 0.407 e. The number of esters is 1. The lowest BCUT2D eigenvalue weighted by molar-refractivity contribution is 0.0224. The maximum absolute atomic E-state index is 13.3. The Morgan fingerprint density at radius 3 is 2.04 bits per heavy atom. The lowest BCUT2D eigenvalue weighted by atomic mass is 9.77. The Kier molecular flexibility index (Phi) is 9.52. The summed E-state index contributed by atoms with van der Waals surface area (Å²) in [5.41, 5.74) is 0.601. The second-order valence-electron chi connectivity index (χ2n) is 12.7. The van der Waals surface area contributed by atoms with Crippen molar-refractivity contribution in [3.05, 3.63) is 82.4 Å². The largest absolute Gasteiger partial charge is 0.508 e. The Labute approximate surface area is 289 Å². The molecule has 2 amide bonds. The third-order valence-corrected chi connectivity index (χ3v) is 9.70. The molecule has 1 spiro atoms. The first-order valence-corrected chi connectivity index (χ1v) is 16.9. The number of phenols is 2. The van der Waals surface area contributed by atoms with Crippen molar-refractivity contribution in [2.24, 2.45) is 17.8 Å². The zero-order chi connectivity index (χ0) is 34.7. The van der Waals surface area contributed by atoms with E-state index in [1.165, 1.54) is 30.3 Å². The molecular formula is C38H38N2O10. The molecule has 3 aromatic rings. The molecule has 7 rings (SSSR count). The molecule has 2 heterocycles. The lowest BCUT2D eigenvalue weighted by Gasteiger charge is -2.36. The molecule has 12 heteroatoms. The maximum atomic E-state index is 13.3. The van der Waals surface area contributed by atoms with Gasteiger partial charge in [0.05, 0.1) is 38.6 Å². The van der Waals surface area contributed by atoms with Gasteiger partial charge in [0.2, 0.25) is 0 Å². The normalized spacial score (nSPS) is 20.2. The van der Waals surface area contributed by atoms with E-state index in [4.69, 9.17) is 23.7 Å². The van der Waals surface area contributed by atoms with E-state index < -0.39 is 17.7 Å². The zero-order valence-corrected chi connectivity index (χ0v) is 27.4. The quantitative estimate of drug-likeness (QED) is 0.121. The molecule has 0 radical (unpaired) electrons. The second-order valence-corrected chi connectivity index (χ2v) is 12.7. The van der Waals surface area contributed by atoms with Gasteiger partial charge in [0, 0.05) is 60.3 Å². The van der Waals surface area contributed by atoms with Gasteiger partial charge in [-0.15, -0.1) is 11.8 Å². The molecule has 1 saturated carbocycles. The van der Waals surface area contributed by atoms with Gasteiger partial charge in [-0.2, -0.15) is 0 Å². The van der Waals surface area contributed by atoms with E-state index in [2.05, 4.69) is 22.5 Å². The van der Waals surface area contributed by atoms with Crippen LogP contribution in [0.4, 0.5) is 4.79 Å². The van der Waals surface area contributed by atoms with E-state index >= 15 is 0 Å². The Bertz CT molecular complexity index is 1790. The number of fused-ring (bicyclic) bond motifs is 7. The monoisotopic (exact) mass is 682 g/mol. The van der Waals surface area contributed by atoms with Crippen molar-refractivity contribution in [2.75, 3.05) is 46.1 Å². The van der Waals surface area contributed by atoms with E-state index in [9.17, 15) is 24.6 Å². The Balaban J connectivity index is 0.833. The average molecular weight is 683 g/mol. The lowest BCUT2D eigenvalue weighted by Crippen LogP contribution is -2.33. The van der Waals surface area contributed by atoms with Gasteiger partial charge in [-0.25, -0.2) is 9.59 Å². The molecule has 50 heavy (non-hydrogen) atoms. The number of carbonyl (C=O) groups excluding carboxylic acids is 3. The number of rotatable bonds is 12. The number of nitrogens with one attached hydrogen (secondary N) is 2. The Morgan fingerprint density at radius 2 is 1.40 bits per heavy atom. The first-order chi connectivity index (χ1) is 24.3. The molecule has 2 aliphatic carbocycles. The Morgan fingerprint density at radius 1 is 0.800 bits per heavy atom. The minimum absolute atomic E-state index is 0.0370. The number of aromatic hydroxyl groups is 2. The topological polar surface area (TPSA) is 162 Å². The van der Waals surface area contributed by atoms with Crippen molar-refractivity contribution in [3.63, 3.8) is 0 Å². The third kappa shape index (κ3) is 6.66. The number of amides is 2. The molecule has 2 aliphatic heterocycles. The van der Waals surface area contributed by atoms with E-state index in [1.54, 1.807) is 24.3 Å². The number of phenolic OH excluding ortho intramolecular Hbond substituents is 2. The first-order valence-electron chi connectivity index (χ1n) is 16.9. The summed E-state index contributed by atoms with van der Waals surface area (Å²) in [6.07, 6.45) is 3.62. The fourth-order valence-electron chi connectivity index (χ4n) is 7.24. The zero-order valence-electron chi connectivity index (χ0n) is 27.4. The molecule has 12 nitrogen and oxygen atoms in total. The van der Waals surface area contributed by atoms with Crippen LogP contribution in [0, 0.1) is 29.6 Å². The molecule has 260 valence electrons. The van der Waals surface area contributed by atoms with Crippen LogP contribution in [0.15, 0.2) is 54.6 Å². The SMILES string of the molecule is O=C(NCCOCCOCCNC(=O)c1ccc2c(c1)C(=O)OC21c2ccc(O)cc2Oc2cc(O)ccc21)OC[C@@H]1[C@@H]2CCC#CCC[C@@H]21. The van der Waals surface area contributed by atoms with Crippen LogP contribution >= 0.6 is 0 Å². The van der Waals surface area contributed by atoms with Gasteiger partial charge in [-0.3, -0.25) is 4.79 Å². The smallest absolute Gasteiger partial charge is 0.407 e. The highest BCUT2D eigenvalue weighted by Crippen LogP contribution is 2.57. The van der Waals surface area contributed by atoms with E-state index in [0.717, 1.165) is 25.7 Å². The molecular weight excluding hydrogens is 644 g/mol. The van der Waals surface area contributed by atoms with Gasteiger partial charge >= 0.3 is 12.1 Å². The highest BCUT2D eigenvalue weighted by molar-refractivity contribution is 6.01. The van der Waals surface area contributed by atoms with Crippen molar-refractivity contribution in [1.82, 2.24) is 10.6 Å². The number of ether oxygens (including phenoxy) is 5. The average Bonchev–Trinajstić information content (AvgIpc) is 3.65. The summed E-state index contributed by atoms with van der Waals surface area (Å²) in [4.78, 5) is 38.3. The number of alkyl carbamates (subject to hydrolysis) is 1. The first kappa shape index (κ1) is 33.3. The van der Waals surface area contributed by atoms with Gasteiger partial charge < -0.3 is 44.5 Å². The van der Waals surface area contributed by atoms with E-state index in [1.807, 2.05) is 0 Å². The van der Waals surface area contributed by atoms with Crippen molar-refractivity contribution in [3.8, 4) is 34.8 Å². The van der Waals surface area contributed by atoms with Crippen molar-refractivity contribution < 1.29 is 48.3 Å². The molecule has 3 atom stereocenters. The second kappa shape index (κ2) is 14.3. The van der Waals surface area contributed by atoms with Crippen LogP contribution in [-0.4, -0.2) is 74.3 Å². The summed E-state index contributed by atoms with van der Waals surface area (Å²) in [5.74, 6) is 7.55. The van der Waals surface area contributed by atoms with Crippen LogP contribution in [0.3, 0.4) is 0 Å². The number of benzene rings is 3. The Hall–Kier alpha value is -5.25. The molecule has 0 unspecified atom stereocenters. The number of carbonyl (C=O) groups is 3.